The summed E-state index contributed by atoms with van der Waals surface area (Å²) < 4.78 is 3.60. The van der Waals surface area contributed by atoms with Crippen LogP contribution >= 0.6 is 0 Å². The fraction of sp³-hybridized carbons (Fsp3) is 0.167. The number of nitrogens with one attached hydrogen (secondary N) is 1. The first kappa shape index (κ1) is 20.1. The van der Waals surface area contributed by atoms with Gasteiger partial charge in [0.25, 0.3) is 0 Å². The van der Waals surface area contributed by atoms with Crippen LogP contribution in [0.1, 0.15) is 22.3 Å². The molecule has 31 heavy (non-hydrogen) atoms. The second-order valence-electron chi connectivity index (χ2n) is 7.34. The minimum absolute atomic E-state index is 0.631. The highest BCUT2D eigenvalue weighted by Gasteiger charge is 2.13. The maximum absolute atomic E-state index is 9.01. The Hall–Kier alpha value is -4.20. The first-order valence-corrected chi connectivity index (χ1v) is 9.84. The SMILES string of the molecule is Cn1cc(CNCc2cn(C)nc2-c2ccc(C#N)cc2)c(-c2ccc(C#N)cc2)n1. The minimum atomic E-state index is 0.631. The fourth-order valence-electron chi connectivity index (χ4n) is 3.56. The van der Waals surface area contributed by atoms with E-state index in [1.54, 1.807) is 33.6 Å². The zero-order chi connectivity index (χ0) is 21.8. The average molecular weight is 407 g/mol. The molecule has 2 heterocycles. The largest absolute Gasteiger partial charge is 0.308 e. The van der Waals surface area contributed by atoms with Crippen molar-refractivity contribution in [3.05, 3.63) is 83.2 Å². The Bertz CT molecular complexity index is 1180. The number of nitrogens with zero attached hydrogens (tertiary/aromatic N) is 6. The van der Waals surface area contributed by atoms with Gasteiger partial charge in [-0.3, -0.25) is 9.36 Å². The van der Waals surface area contributed by atoms with Crippen LogP contribution in [0.4, 0.5) is 0 Å². The molecule has 1 N–H and O–H groups in total. The summed E-state index contributed by atoms with van der Waals surface area (Å²) >= 11 is 0. The molecule has 0 fully saturated rings. The molecule has 0 aliphatic rings. The first-order valence-electron chi connectivity index (χ1n) is 9.84. The summed E-state index contributed by atoms with van der Waals surface area (Å²) in [5, 5.41) is 30.7. The minimum Gasteiger partial charge on any atom is -0.308 e. The van der Waals surface area contributed by atoms with Crippen LogP contribution < -0.4 is 5.32 Å². The Morgan fingerprint density at radius 2 is 1.10 bits per heavy atom. The van der Waals surface area contributed by atoms with Gasteiger partial charge in [0.2, 0.25) is 0 Å². The lowest BCUT2D eigenvalue weighted by Gasteiger charge is -2.06. The zero-order valence-corrected chi connectivity index (χ0v) is 17.4. The van der Waals surface area contributed by atoms with E-state index in [0.29, 0.717) is 24.2 Å². The van der Waals surface area contributed by atoms with Gasteiger partial charge in [0.1, 0.15) is 0 Å². The summed E-state index contributed by atoms with van der Waals surface area (Å²) in [6, 6.07) is 19.2. The number of rotatable bonds is 6. The Labute approximate surface area is 180 Å². The smallest absolute Gasteiger partial charge is 0.0991 e. The van der Waals surface area contributed by atoms with Crippen molar-refractivity contribution in [3.8, 4) is 34.7 Å². The monoisotopic (exact) mass is 407 g/mol. The lowest BCUT2D eigenvalue weighted by molar-refractivity contribution is 0.691. The van der Waals surface area contributed by atoms with E-state index >= 15 is 0 Å². The molecule has 152 valence electrons. The number of aromatic nitrogens is 4. The highest BCUT2D eigenvalue weighted by Crippen LogP contribution is 2.24. The highest BCUT2D eigenvalue weighted by molar-refractivity contribution is 5.64. The Morgan fingerprint density at radius 3 is 1.45 bits per heavy atom. The van der Waals surface area contributed by atoms with Crippen molar-refractivity contribution in [1.82, 2.24) is 24.9 Å². The van der Waals surface area contributed by atoms with Gasteiger partial charge in [0.05, 0.1) is 34.7 Å². The summed E-state index contributed by atoms with van der Waals surface area (Å²) in [5.74, 6) is 0. The molecule has 0 amide bonds. The molecular formula is C24H21N7. The van der Waals surface area contributed by atoms with E-state index in [9.17, 15) is 0 Å². The normalized spacial score (nSPS) is 10.6. The molecule has 0 saturated heterocycles. The van der Waals surface area contributed by atoms with Crippen molar-refractivity contribution >= 4 is 0 Å². The lowest BCUT2D eigenvalue weighted by atomic mass is 10.1. The molecule has 4 rings (SSSR count). The van der Waals surface area contributed by atoms with Gasteiger partial charge in [0.15, 0.2) is 0 Å². The molecule has 0 spiro atoms. The molecule has 2 aromatic heterocycles. The topological polar surface area (TPSA) is 95.2 Å². The molecule has 0 saturated carbocycles. The second-order valence-corrected chi connectivity index (χ2v) is 7.34. The molecule has 0 radical (unpaired) electrons. The van der Waals surface area contributed by atoms with Crippen molar-refractivity contribution in [3.63, 3.8) is 0 Å². The number of hydrogen-bond donors (Lipinski definition) is 1. The zero-order valence-electron chi connectivity index (χ0n) is 17.4. The third kappa shape index (κ3) is 4.37. The maximum Gasteiger partial charge on any atom is 0.0991 e. The quantitative estimate of drug-likeness (QED) is 0.528. The van der Waals surface area contributed by atoms with E-state index in [0.717, 1.165) is 33.6 Å². The predicted octanol–water partition coefficient (Wildman–Crippen LogP) is 3.52. The average Bonchev–Trinajstić information content (AvgIpc) is 3.35. The van der Waals surface area contributed by atoms with Gasteiger partial charge < -0.3 is 5.32 Å². The van der Waals surface area contributed by atoms with Crippen molar-refractivity contribution in [1.29, 1.82) is 10.5 Å². The maximum atomic E-state index is 9.01. The van der Waals surface area contributed by atoms with Crippen LogP contribution in [0.2, 0.25) is 0 Å². The van der Waals surface area contributed by atoms with E-state index in [1.165, 1.54) is 0 Å². The molecule has 0 aliphatic heterocycles. The molecule has 4 aromatic rings. The van der Waals surface area contributed by atoms with Crippen LogP contribution in [0, 0.1) is 22.7 Å². The summed E-state index contributed by atoms with van der Waals surface area (Å²) in [5.41, 5.74) is 7.19. The van der Waals surface area contributed by atoms with Crippen molar-refractivity contribution in [2.75, 3.05) is 0 Å². The van der Waals surface area contributed by atoms with Gasteiger partial charge in [-0.05, 0) is 24.3 Å². The van der Waals surface area contributed by atoms with E-state index in [-0.39, 0.29) is 0 Å². The number of aryl methyl sites for hydroxylation is 2. The summed E-state index contributed by atoms with van der Waals surface area (Å²) in [6.07, 6.45) is 4.01. The highest BCUT2D eigenvalue weighted by atomic mass is 15.3. The number of nitriles is 2. The van der Waals surface area contributed by atoms with Crippen LogP contribution in [0.3, 0.4) is 0 Å². The molecule has 7 nitrogen and oxygen atoms in total. The number of benzene rings is 2. The number of hydrogen-bond acceptors (Lipinski definition) is 5. The lowest BCUT2D eigenvalue weighted by Crippen LogP contribution is -2.13. The molecule has 0 aliphatic carbocycles. The van der Waals surface area contributed by atoms with Crippen LogP contribution in [-0.4, -0.2) is 19.6 Å². The molecule has 0 bridgehead atoms. The predicted molar refractivity (Wildman–Crippen MR) is 117 cm³/mol. The molecule has 7 heteroatoms. The van der Waals surface area contributed by atoms with Gasteiger partial charge >= 0.3 is 0 Å². The standard InChI is InChI=1S/C24H21N7/c1-30-15-21(23(28-30)19-7-3-17(11-25)4-8-19)13-27-14-22-16-31(2)29-24(22)20-9-5-18(12-26)6-10-20/h3-10,15-16,27H,13-14H2,1-2H3. The summed E-state index contributed by atoms with van der Waals surface area (Å²) in [6.45, 7) is 1.29. The van der Waals surface area contributed by atoms with E-state index in [4.69, 9.17) is 10.5 Å². The molecule has 0 unspecified atom stereocenters. The van der Waals surface area contributed by atoms with Gasteiger partial charge in [-0.25, -0.2) is 0 Å². The van der Waals surface area contributed by atoms with Crippen molar-refractivity contribution in [2.45, 2.75) is 13.1 Å². The second kappa shape index (κ2) is 8.66. The summed E-state index contributed by atoms with van der Waals surface area (Å²) in [7, 11) is 3.81. The third-order valence-corrected chi connectivity index (χ3v) is 5.01. The van der Waals surface area contributed by atoms with Crippen molar-refractivity contribution in [2.24, 2.45) is 14.1 Å². The Morgan fingerprint density at radius 1 is 0.710 bits per heavy atom. The van der Waals surface area contributed by atoms with Crippen LogP contribution in [-0.2, 0) is 27.2 Å². The van der Waals surface area contributed by atoms with Gasteiger partial charge in [-0.1, -0.05) is 24.3 Å². The van der Waals surface area contributed by atoms with Crippen LogP contribution in [0.15, 0.2) is 60.9 Å². The van der Waals surface area contributed by atoms with Gasteiger partial charge in [-0.15, -0.1) is 0 Å². The van der Waals surface area contributed by atoms with Gasteiger partial charge in [-0.2, -0.15) is 20.7 Å². The Kier molecular flexibility index (Phi) is 5.61. The fourth-order valence-corrected chi connectivity index (χ4v) is 3.56. The molecule has 2 aromatic carbocycles. The molecule has 0 atom stereocenters. The van der Waals surface area contributed by atoms with E-state index in [2.05, 4.69) is 27.7 Å². The van der Waals surface area contributed by atoms with E-state index in [1.807, 2.05) is 50.8 Å². The van der Waals surface area contributed by atoms with E-state index < -0.39 is 0 Å². The summed E-state index contributed by atoms with van der Waals surface area (Å²) in [4.78, 5) is 0. The molecular weight excluding hydrogens is 386 g/mol. The Balaban J connectivity index is 1.50. The first-order chi connectivity index (χ1) is 15.1. The van der Waals surface area contributed by atoms with Gasteiger partial charge in [0, 0.05) is 61.8 Å². The third-order valence-electron chi connectivity index (χ3n) is 5.01. The van der Waals surface area contributed by atoms with Crippen LogP contribution in [0.25, 0.3) is 22.5 Å². The van der Waals surface area contributed by atoms with Crippen molar-refractivity contribution < 1.29 is 0 Å². The van der Waals surface area contributed by atoms with Crippen LogP contribution in [0.5, 0.6) is 0 Å².